The number of ether oxygens (including phenoxy) is 1. The van der Waals surface area contributed by atoms with Gasteiger partial charge >= 0.3 is 0 Å². The molecule has 2 aromatic rings. The summed E-state index contributed by atoms with van der Waals surface area (Å²) in [6.45, 7) is 1.11. The molecule has 1 amide bonds. The van der Waals surface area contributed by atoms with E-state index in [2.05, 4.69) is 5.32 Å². The van der Waals surface area contributed by atoms with Gasteiger partial charge in [0.1, 0.15) is 11.6 Å². The topological polar surface area (TPSA) is 113 Å². The average Bonchev–Trinajstić information content (AvgIpc) is 3.40. The van der Waals surface area contributed by atoms with E-state index in [4.69, 9.17) is 4.74 Å². The summed E-state index contributed by atoms with van der Waals surface area (Å²) in [5, 5.41) is 2.74. The van der Waals surface area contributed by atoms with Crippen LogP contribution in [-0.4, -0.2) is 64.6 Å². The van der Waals surface area contributed by atoms with Crippen molar-refractivity contribution in [2.24, 2.45) is 5.92 Å². The molecule has 2 aromatic carbocycles. The number of sulfonamides is 2. The number of carbonyl (C=O) groups is 1. The third-order valence-corrected chi connectivity index (χ3v) is 10.1. The van der Waals surface area contributed by atoms with E-state index in [9.17, 15) is 26.0 Å². The molecule has 0 saturated carbocycles. The Kier molecular flexibility index (Phi) is 7.46. The van der Waals surface area contributed by atoms with E-state index in [1.165, 1.54) is 46.1 Å². The molecular weight excluding hydrogens is 497 g/mol. The van der Waals surface area contributed by atoms with E-state index >= 15 is 0 Å². The number of carbonyl (C=O) groups excluding carboxylic acids is 1. The van der Waals surface area contributed by atoms with Gasteiger partial charge in [-0.05, 0) is 68.1 Å². The second kappa shape index (κ2) is 10.2. The van der Waals surface area contributed by atoms with Crippen molar-refractivity contribution in [3.63, 3.8) is 0 Å². The second-order valence-corrected chi connectivity index (χ2v) is 12.5. The van der Waals surface area contributed by atoms with Crippen molar-refractivity contribution in [3.05, 3.63) is 48.3 Å². The highest BCUT2D eigenvalue weighted by Crippen LogP contribution is 2.31. The normalized spacial score (nSPS) is 20.0. The van der Waals surface area contributed by atoms with Crippen LogP contribution >= 0.6 is 0 Å². The zero-order valence-electron chi connectivity index (χ0n) is 19.3. The van der Waals surface area contributed by atoms with Crippen LogP contribution in [0.15, 0.2) is 52.3 Å². The molecule has 1 atom stereocenters. The van der Waals surface area contributed by atoms with Crippen molar-refractivity contribution >= 4 is 31.6 Å². The predicted octanol–water partition coefficient (Wildman–Crippen LogP) is 2.66. The smallest absolute Gasteiger partial charge is 0.243 e. The lowest BCUT2D eigenvalue weighted by atomic mass is 9.98. The Bertz CT molecular complexity index is 1290. The Balaban J connectivity index is 1.52. The maximum atomic E-state index is 13.2. The molecule has 2 aliphatic rings. The van der Waals surface area contributed by atoms with Crippen molar-refractivity contribution in [2.45, 2.75) is 35.5 Å². The highest BCUT2D eigenvalue weighted by molar-refractivity contribution is 7.89. The van der Waals surface area contributed by atoms with Crippen molar-refractivity contribution in [2.75, 3.05) is 38.6 Å². The van der Waals surface area contributed by atoms with Gasteiger partial charge < -0.3 is 10.1 Å². The lowest BCUT2D eigenvalue weighted by Gasteiger charge is -2.31. The van der Waals surface area contributed by atoms with Crippen LogP contribution in [0.3, 0.4) is 0 Å². The van der Waals surface area contributed by atoms with Gasteiger partial charge in [-0.25, -0.2) is 21.2 Å². The summed E-state index contributed by atoms with van der Waals surface area (Å²) >= 11 is 0. The van der Waals surface area contributed by atoms with E-state index < -0.39 is 37.7 Å². The molecule has 0 spiro atoms. The summed E-state index contributed by atoms with van der Waals surface area (Å²) in [5.41, 5.74) is 0.205. The molecule has 12 heteroatoms. The van der Waals surface area contributed by atoms with Crippen LogP contribution in [0, 0.1) is 11.7 Å². The first-order valence-electron chi connectivity index (χ1n) is 11.4. The third-order valence-electron chi connectivity index (χ3n) is 6.34. The summed E-state index contributed by atoms with van der Waals surface area (Å²) in [5.74, 6) is -1.33. The molecule has 2 aliphatic heterocycles. The molecule has 0 aromatic heterocycles. The van der Waals surface area contributed by atoms with Crippen LogP contribution in [0.25, 0.3) is 0 Å². The van der Waals surface area contributed by atoms with Crippen molar-refractivity contribution in [3.8, 4) is 5.75 Å². The summed E-state index contributed by atoms with van der Waals surface area (Å²) in [7, 11) is -6.17. The molecule has 2 saturated heterocycles. The Hall–Kier alpha value is -2.54. The first-order chi connectivity index (χ1) is 16.6. The number of piperidine rings is 1. The Morgan fingerprint density at radius 1 is 0.914 bits per heavy atom. The van der Waals surface area contributed by atoms with Gasteiger partial charge in [0.2, 0.25) is 26.0 Å². The van der Waals surface area contributed by atoms with Crippen molar-refractivity contribution in [1.82, 2.24) is 8.61 Å². The number of amides is 1. The Morgan fingerprint density at radius 3 is 2.17 bits per heavy atom. The maximum absolute atomic E-state index is 13.2. The minimum atomic E-state index is -3.89. The molecule has 2 heterocycles. The van der Waals surface area contributed by atoms with Crippen LogP contribution in [-0.2, 0) is 24.8 Å². The average molecular weight is 526 g/mol. The molecule has 0 radical (unpaired) electrons. The number of rotatable bonds is 7. The lowest BCUT2D eigenvalue weighted by Crippen LogP contribution is -2.43. The van der Waals surface area contributed by atoms with Gasteiger partial charge in [0.15, 0.2) is 0 Å². The molecule has 9 nitrogen and oxygen atoms in total. The quantitative estimate of drug-likeness (QED) is 0.595. The summed E-state index contributed by atoms with van der Waals surface area (Å²) < 4.78 is 73.1. The van der Waals surface area contributed by atoms with Gasteiger partial charge in [-0.3, -0.25) is 4.79 Å². The molecule has 190 valence electrons. The van der Waals surface area contributed by atoms with Crippen LogP contribution in [0.2, 0.25) is 0 Å². The highest BCUT2D eigenvalue weighted by atomic mass is 32.2. The predicted molar refractivity (Wildman–Crippen MR) is 127 cm³/mol. The van der Waals surface area contributed by atoms with Gasteiger partial charge in [-0.1, -0.05) is 0 Å². The van der Waals surface area contributed by atoms with E-state index in [1.54, 1.807) is 0 Å². The van der Waals surface area contributed by atoms with E-state index in [-0.39, 0.29) is 28.6 Å². The van der Waals surface area contributed by atoms with Gasteiger partial charge in [0, 0.05) is 26.2 Å². The molecule has 4 rings (SSSR count). The Morgan fingerprint density at radius 2 is 1.51 bits per heavy atom. The van der Waals surface area contributed by atoms with Crippen LogP contribution in [0.5, 0.6) is 5.75 Å². The fourth-order valence-corrected chi connectivity index (χ4v) is 7.46. The fourth-order valence-electron chi connectivity index (χ4n) is 4.39. The maximum Gasteiger partial charge on any atom is 0.243 e. The monoisotopic (exact) mass is 525 g/mol. The van der Waals surface area contributed by atoms with Gasteiger partial charge in [0.05, 0.1) is 28.5 Å². The first-order valence-corrected chi connectivity index (χ1v) is 14.3. The standard InChI is InChI=1S/C23H28FN3O6S2/c1-33-22-11-10-20(35(31,32)26-12-2-3-13-26)15-21(22)25-23(28)17-5-4-14-27(16-17)34(29,30)19-8-6-18(24)7-9-19/h6-11,15,17H,2-5,12-14,16H2,1H3,(H,25,28)/t17-/m0/s1. The summed E-state index contributed by atoms with van der Waals surface area (Å²) in [6.07, 6.45) is 2.55. The van der Waals surface area contributed by atoms with Gasteiger partial charge in [0.25, 0.3) is 0 Å². The van der Waals surface area contributed by atoms with Crippen LogP contribution in [0.1, 0.15) is 25.7 Å². The molecule has 2 fully saturated rings. The SMILES string of the molecule is COc1ccc(S(=O)(=O)N2CCCC2)cc1NC(=O)[C@H]1CCCN(S(=O)(=O)c2ccc(F)cc2)C1. The number of hydrogen-bond acceptors (Lipinski definition) is 6. The van der Waals surface area contributed by atoms with Crippen molar-refractivity contribution < 1.29 is 30.8 Å². The minimum Gasteiger partial charge on any atom is -0.495 e. The number of anilines is 1. The van der Waals surface area contributed by atoms with E-state index in [0.717, 1.165) is 25.0 Å². The van der Waals surface area contributed by atoms with Crippen LogP contribution in [0.4, 0.5) is 10.1 Å². The number of benzene rings is 2. The van der Waals surface area contributed by atoms with E-state index in [1.807, 2.05) is 0 Å². The number of methoxy groups -OCH3 is 1. The fraction of sp³-hybridized carbons (Fsp3) is 0.435. The summed E-state index contributed by atoms with van der Waals surface area (Å²) in [6, 6.07) is 8.87. The molecular formula is C23H28FN3O6S2. The minimum absolute atomic E-state index is 0.0403. The number of nitrogens with one attached hydrogen (secondary N) is 1. The zero-order chi connectivity index (χ0) is 25.2. The molecule has 0 aliphatic carbocycles. The van der Waals surface area contributed by atoms with Gasteiger partial charge in [-0.2, -0.15) is 8.61 Å². The summed E-state index contributed by atoms with van der Waals surface area (Å²) in [4.78, 5) is 13.1. The zero-order valence-corrected chi connectivity index (χ0v) is 20.9. The lowest BCUT2D eigenvalue weighted by molar-refractivity contribution is -0.120. The molecule has 1 N–H and O–H groups in total. The van der Waals surface area contributed by atoms with E-state index in [0.29, 0.717) is 31.7 Å². The largest absolute Gasteiger partial charge is 0.495 e. The van der Waals surface area contributed by atoms with Gasteiger partial charge in [-0.15, -0.1) is 0 Å². The molecule has 35 heavy (non-hydrogen) atoms. The Labute approximate surface area is 205 Å². The first kappa shape index (κ1) is 25.5. The van der Waals surface area contributed by atoms with Crippen molar-refractivity contribution in [1.29, 1.82) is 0 Å². The number of nitrogens with zero attached hydrogens (tertiary/aromatic N) is 2. The van der Waals surface area contributed by atoms with Crippen LogP contribution < -0.4 is 10.1 Å². The highest BCUT2D eigenvalue weighted by Gasteiger charge is 2.34. The number of hydrogen-bond donors (Lipinski definition) is 1. The number of halogens is 1. The molecule has 0 bridgehead atoms. The second-order valence-electron chi connectivity index (χ2n) is 8.62. The molecule has 0 unspecified atom stereocenters. The third kappa shape index (κ3) is 5.35.